The summed E-state index contributed by atoms with van der Waals surface area (Å²) in [5, 5.41) is 3.37. The Hall–Kier alpha value is -1.57. The molecule has 1 aromatic rings. The number of nitrogens with zero attached hydrogens (tertiary/aromatic N) is 2. The normalized spacial score (nSPS) is 15.1. The molecule has 2 N–H and O–H groups in total. The number of hydrogen-bond acceptors (Lipinski definition) is 4. The van der Waals surface area contributed by atoms with Gasteiger partial charge in [0.2, 0.25) is 0 Å². The van der Waals surface area contributed by atoms with E-state index < -0.39 is 23.4 Å². The molecule has 1 heterocycles. The van der Waals surface area contributed by atoms with Crippen molar-refractivity contribution in [1.29, 1.82) is 0 Å². The van der Waals surface area contributed by atoms with Crippen LogP contribution in [-0.2, 0) is 22.3 Å². The zero-order chi connectivity index (χ0) is 14.7. The molecule has 1 aromatic heterocycles. The van der Waals surface area contributed by atoms with E-state index in [0.29, 0.717) is 0 Å². The van der Waals surface area contributed by atoms with E-state index in [1.165, 1.54) is 13.1 Å². The number of halogens is 3. The fourth-order valence-corrected chi connectivity index (χ4v) is 1.38. The van der Waals surface area contributed by atoms with E-state index in [-0.39, 0.29) is 19.6 Å². The molecular weight excluding hydrogens is 263 g/mol. The molecule has 8 heteroatoms. The number of nitrogens with two attached hydrogens (primary N) is 1. The van der Waals surface area contributed by atoms with Gasteiger partial charge in [0, 0.05) is 12.7 Å². The Kier molecular flexibility index (Phi) is 4.56. The average Bonchev–Trinajstić information content (AvgIpc) is 2.75. The summed E-state index contributed by atoms with van der Waals surface area (Å²) in [6, 6.07) is 0.873. The van der Waals surface area contributed by atoms with Crippen LogP contribution in [0.4, 0.5) is 13.2 Å². The Balaban J connectivity index is 2.62. The van der Waals surface area contributed by atoms with Gasteiger partial charge in [-0.1, -0.05) is 0 Å². The van der Waals surface area contributed by atoms with Crippen molar-refractivity contribution >= 4 is 5.97 Å². The summed E-state index contributed by atoms with van der Waals surface area (Å²) in [5.74, 6) is -0.585. The van der Waals surface area contributed by atoms with E-state index in [9.17, 15) is 18.0 Å². The van der Waals surface area contributed by atoms with Crippen LogP contribution in [0, 0.1) is 0 Å². The van der Waals surface area contributed by atoms with E-state index in [0.717, 1.165) is 10.7 Å². The van der Waals surface area contributed by atoms with Crippen LogP contribution in [0.1, 0.15) is 26.0 Å². The minimum atomic E-state index is -4.47. The molecule has 0 spiro atoms. The first-order chi connectivity index (χ1) is 8.66. The number of esters is 1. The summed E-state index contributed by atoms with van der Waals surface area (Å²) in [4.78, 5) is 11.5. The maximum Gasteiger partial charge on any atom is 0.435 e. The van der Waals surface area contributed by atoms with Crippen LogP contribution >= 0.6 is 0 Å². The van der Waals surface area contributed by atoms with Gasteiger partial charge in [0.1, 0.15) is 5.54 Å². The van der Waals surface area contributed by atoms with Crippen LogP contribution in [-0.4, -0.2) is 27.9 Å². The van der Waals surface area contributed by atoms with Crippen molar-refractivity contribution in [2.45, 2.75) is 38.5 Å². The van der Waals surface area contributed by atoms with E-state index in [4.69, 9.17) is 10.5 Å². The molecule has 1 atom stereocenters. The lowest BCUT2D eigenvalue weighted by molar-refractivity contribution is -0.149. The van der Waals surface area contributed by atoms with Gasteiger partial charge in [0.15, 0.2) is 5.69 Å². The van der Waals surface area contributed by atoms with E-state index in [2.05, 4.69) is 5.10 Å². The van der Waals surface area contributed by atoms with Crippen LogP contribution in [0.3, 0.4) is 0 Å². The topological polar surface area (TPSA) is 70.1 Å². The predicted molar refractivity (Wildman–Crippen MR) is 61.1 cm³/mol. The first-order valence-electron chi connectivity index (χ1n) is 5.73. The van der Waals surface area contributed by atoms with Crippen molar-refractivity contribution in [3.8, 4) is 0 Å². The summed E-state index contributed by atoms with van der Waals surface area (Å²) < 4.78 is 42.9. The number of alkyl halides is 3. The Labute approximate surface area is 108 Å². The molecule has 0 aliphatic carbocycles. The highest BCUT2D eigenvalue weighted by Gasteiger charge is 2.34. The monoisotopic (exact) mass is 279 g/mol. The molecule has 5 nitrogen and oxygen atoms in total. The molecule has 0 fully saturated rings. The highest BCUT2D eigenvalue weighted by atomic mass is 19.4. The fraction of sp³-hybridized carbons (Fsp3) is 0.636. The zero-order valence-electron chi connectivity index (χ0n) is 10.7. The van der Waals surface area contributed by atoms with Gasteiger partial charge in [-0.25, -0.2) is 0 Å². The van der Waals surface area contributed by atoms with Gasteiger partial charge in [-0.15, -0.1) is 0 Å². The Morgan fingerprint density at radius 2 is 2.16 bits per heavy atom. The Morgan fingerprint density at radius 3 is 2.63 bits per heavy atom. The third kappa shape index (κ3) is 4.23. The highest BCUT2D eigenvalue weighted by Crippen LogP contribution is 2.27. The second-order valence-corrected chi connectivity index (χ2v) is 4.35. The van der Waals surface area contributed by atoms with Crippen LogP contribution in [0.2, 0.25) is 0 Å². The molecule has 0 radical (unpaired) electrons. The van der Waals surface area contributed by atoms with Gasteiger partial charge < -0.3 is 10.5 Å². The van der Waals surface area contributed by atoms with Crippen molar-refractivity contribution < 1.29 is 22.7 Å². The molecule has 0 aromatic carbocycles. The summed E-state index contributed by atoms with van der Waals surface area (Å²) in [6.07, 6.45) is -3.15. The zero-order valence-corrected chi connectivity index (χ0v) is 10.7. The molecule has 0 bridgehead atoms. The second kappa shape index (κ2) is 5.60. The van der Waals surface area contributed by atoms with Crippen LogP contribution < -0.4 is 5.73 Å². The number of carbonyl (C=O) groups excluding carboxylic acids is 1. The summed E-state index contributed by atoms with van der Waals surface area (Å²) >= 11 is 0. The maximum atomic E-state index is 12.3. The summed E-state index contributed by atoms with van der Waals surface area (Å²) in [6.45, 7) is 3.42. The largest absolute Gasteiger partial charge is 0.465 e. The average molecular weight is 279 g/mol. The number of aryl methyl sites for hydroxylation is 1. The number of rotatable bonds is 5. The molecule has 0 aliphatic heterocycles. The molecular formula is C11H16F3N3O2. The second-order valence-electron chi connectivity index (χ2n) is 4.35. The quantitative estimate of drug-likeness (QED) is 0.831. The first kappa shape index (κ1) is 15.5. The third-order valence-corrected chi connectivity index (χ3v) is 2.53. The number of carbonyl (C=O) groups is 1. The highest BCUT2D eigenvalue weighted by molar-refractivity contribution is 5.79. The SMILES string of the molecule is CCOC(=O)C(C)(N)CCn1ccc(C(F)(F)F)n1. The lowest BCUT2D eigenvalue weighted by Gasteiger charge is -2.21. The number of ether oxygens (including phenoxy) is 1. The van der Waals surface area contributed by atoms with Gasteiger partial charge in [0.05, 0.1) is 6.61 Å². The molecule has 0 saturated carbocycles. The van der Waals surface area contributed by atoms with Gasteiger partial charge in [-0.3, -0.25) is 9.48 Å². The predicted octanol–water partition coefficient (Wildman–Crippen LogP) is 1.57. The number of hydrogen-bond donors (Lipinski definition) is 1. The Morgan fingerprint density at radius 1 is 1.53 bits per heavy atom. The van der Waals surface area contributed by atoms with Crippen molar-refractivity contribution in [2.24, 2.45) is 5.73 Å². The van der Waals surface area contributed by atoms with Gasteiger partial charge >= 0.3 is 12.1 Å². The number of aromatic nitrogens is 2. The van der Waals surface area contributed by atoms with Gasteiger partial charge in [0.25, 0.3) is 0 Å². The van der Waals surface area contributed by atoms with E-state index >= 15 is 0 Å². The molecule has 0 amide bonds. The van der Waals surface area contributed by atoms with E-state index in [1.807, 2.05) is 0 Å². The standard InChI is InChI=1S/C11H16F3N3O2/c1-3-19-9(18)10(2,15)5-7-17-6-4-8(16-17)11(12,13)14/h4,6H,3,5,7,15H2,1-2H3. The van der Waals surface area contributed by atoms with Gasteiger partial charge in [-0.2, -0.15) is 18.3 Å². The van der Waals surface area contributed by atoms with Crippen molar-refractivity contribution in [3.63, 3.8) is 0 Å². The minimum Gasteiger partial charge on any atom is -0.465 e. The minimum absolute atomic E-state index is 0.0991. The maximum absolute atomic E-state index is 12.3. The molecule has 108 valence electrons. The lowest BCUT2D eigenvalue weighted by Crippen LogP contribution is -2.46. The molecule has 1 unspecified atom stereocenters. The fourth-order valence-electron chi connectivity index (χ4n) is 1.38. The van der Waals surface area contributed by atoms with Crippen LogP contribution in [0.25, 0.3) is 0 Å². The van der Waals surface area contributed by atoms with Crippen molar-refractivity contribution in [1.82, 2.24) is 9.78 Å². The lowest BCUT2D eigenvalue weighted by atomic mass is 10.00. The third-order valence-electron chi connectivity index (χ3n) is 2.53. The first-order valence-corrected chi connectivity index (χ1v) is 5.73. The van der Waals surface area contributed by atoms with Crippen molar-refractivity contribution in [2.75, 3.05) is 6.61 Å². The molecule has 0 saturated heterocycles. The molecule has 0 aliphatic rings. The summed E-state index contributed by atoms with van der Waals surface area (Å²) in [7, 11) is 0. The summed E-state index contributed by atoms with van der Waals surface area (Å²) in [5.41, 5.74) is 3.53. The van der Waals surface area contributed by atoms with Gasteiger partial charge in [-0.05, 0) is 26.3 Å². The Bertz CT molecular complexity index is 441. The van der Waals surface area contributed by atoms with E-state index in [1.54, 1.807) is 6.92 Å². The molecule has 19 heavy (non-hydrogen) atoms. The van der Waals surface area contributed by atoms with Crippen molar-refractivity contribution in [3.05, 3.63) is 18.0 Å². The van der Waals surface area contributed by atoms with Crippen LogP contribution in [0.5, 0.6) is 0 Å². The smallest absolute Gasteiger partial charge is 0.435 e. The molecule has 1 rings (SSSR count). The van der Waals surface area contributed by atoms with Crippen LogP contribution in [0.15, 0.2) is 12.3 Å².